The molecule has 1 aromatic carbocycles. The fourth-order valence-electron chi connectivity index (χ4n) is 1.61. The van der Waals surface area contributed by atoms with Gasteiger partial charge in [-0.1, -0.05) is 6.92 Å². The molecule has 0 aliphatic carbocycles. The summed E-state index contributed by atoms with van der Waals surface area (Å²) in [4.78, 5) is 0. The third-order valence-corrected chi connectivity index (χ3v) is 3.25. The minimum atomic E-state index is -0.733. The van der Waals surface area contributed by atoms with Crippen molar-refractivity contribution in [3.05, 3.63) is 23.8 Å². The van der Waals surface area contributed by atoms with Crippen LogP contribution >= 0.6 is 0 Å². The molecule has 1 rings (SSSR count). The van der Waals surface area contributed by atoms with E-state index in [-0.39, 0.29) is 11.8 Å². The van der Waals surface area contributed by atoms with Gasteiger partial charge in [0.25, 0.3) is 0 Å². The molecule has 0 amide bonds. The van der Waals surface area contributed by atoms with Gasteiger partial charge in [-0.15, -0.1) is 0 Å². The van der Waals surface area contributed by atoms with E-state index >= 15 is 0 Å². The predicted octanol–water partition coefficient (Wildman–Crippen LogP) is 2.21. The molecule has 0 fully saturated rings. The molecule has 2 unspecified atom stereocenters. The molecule has 102 valence electrons. The first-order chi connectivity index (χ1) is 8.39. The normalized spacial score (nSPS) is 16.1. The molecule has 4 heteroatoms. The number of aliphatic hydroxyl groups is 1. The quantitative estimate of drug-likeness (QED) is 0.727. The van der Waals surface area contributed by atoms with Crippen LogP contribution in [0.25, 0.3) is 0 Å². The first-order valence-electron chi connectivity index (χ1n) is 6.22. The molecule has 18 heavy (non-hydrogen) atoms. The van der Waals surface area contributed by atoms with Gasteiger partial charge in [-0.25, -0.2) is 0 Å². The highest BCUT2D eigenvalue weighted by atomic mass is 16.5. The minimum absolute atomic E-state index is 0.0573. The fraction of sp³-hybridized carbons (Fsp3) is 0.571. The van der Waals surface area contributed by atoms with Gasteiger partial charge in [0.2, 0.25) is 0 Å². The van der Waals surface area contributed by atoms with Gasteiger partial charge in [-0.05, 0) is 38.5 Å². The third kappa shape index (κ3) is 3.89. The second kappa shape index (κ2) is 6.07. The maximum Gasteiger partial charge on any atom is 0.120 e. The molecular formula is C14H23NO3. The van der Waals surface area contributed by atoms with Crippen LogP contribution in [0.3, 0.4) is 0 Å². The molecule has 4 nitrogen and oxygen atoms in total. The molecule has 0 heterocycles. The van der Waals surface area contributed by atoms with Crippen LogP contribution in [0.5, 0.6) is 11.5 Å². The van der Waals surface area contributed by atoms with Crippen LogP contribution in [0.1, 0.15) is 38.8 Å². The molecule has 0 radical (unpaired) electrons. The van der Waals surface area contributed by atoms with Crippen LogP contribution in [0.15, 0.2) is 18.2 Å². The van der Waals surface area contributed by atoms with Crippen LogP contribution in [0.4, 0.5) is 0 Å². The summed E-state index contributed by atoms with van der Waals surface area (Å²) in [6.45, 7) is 6.15. The monoisotopic (exact) mass is 253 g/mol. The Hall–Kier alpha value is -1.26. The van der Waals surface area contributed by atoms with E-state index < -0.39 is 5.60 Å². The summed E-state index contributed by atoms with van der Waals surface area (Å²) in [6, 6.07) is 5.07. The van der Waals surface area contributed by atoms with Crippen molar-refractivity contribution in [3.8, 4) is 11.5 Å². The molecule has 0 bridgehead atoms. The van der Waals surface area contributed by atoms with Crippen LogP contribution in [0.2, 0.25) is 0 Å². The average Bonchev–Trinajstić information content (AvgIpc) is 2.36. The fourth-order valence-corrected chi connectivity index (χ4v) is 1.61. The predicted molar refractivity (Wildman–Crippen MR) is 72.0 cm³/mol. The number of phenols is 1. The summed E-state index contributed by atoms with van der Waals surface area (Å²) in [7, 11) is 1.59. The number of nitrogens with one attached hydrogen (secondary N) is 1. The molecule has 3 N–H and O–H groups in total. The zero-order valence-electron chi connectivity index (χ0n) is 11.5. The van der Waals surface area contributed by atoms with Crippen molar-refractivity contribution in [1.82, 2.24) is 5.32 Å². The van der Waals surface area contributed by atoms with Gasteiger partial charge in [0.05, 0.1) is 12.7 Å². The Morgan fingerprint density at radius 1 is 1.44 bits per heavy atom. The minimum Gasteiger partial charge on any atom is -0.508 e. The van der Waals surface area contributed by atoms with Crippen molar-refractivity contribution >= 4 is 0 Å². The largest absolute Gasteiger partial charge is 0.508 e. The summed E-state index contributed by atoms with van der Waals surface area (Å²) in [5.74, 6) is 0.936. The summed E-state index contributed by atoms with van der Waals surface area (Å²) in [5, 5.41) is 23.0. The van der Waals surface area contributed by atoms with Crippen molar-refractivity contribution in [2.45, 2.75) is 38.8 Å². The molecule has 1 aromatic rings. The second-order valence-electron chi connectivity index (χ2n) is 4.88. The smallest absolute Gasteiger partial charge is 0.120 e. The molecule has 0 aliphatic heterocycles. The number of hydrogen-bond acceptors (Lipinski definition) is 4. The molecule has 0 saturated carbocycles. The van der Waals surface area contributed by atoms with Crippen molar-refractivity contribution in [2.75, 3.05) is 13.7 Å². The van der Waals surface area contributed by atoms with Gasteiger partial charge < -0.3 is 20.3 Å². The van der Waals surface area contributed by atoms with Crippen LogP contribution in [0, 0.1) is 0 Å². The van der Waals surface area contributed by atoms with Gasteiger partial charge in [-0.3, -0.25) is 0 Å². The van der Waals surface area contributed by atoms with Gasteiger partial charge in [0.1, 0.15) is 11.5 Å². The number of rotatable bonds is 6. The van der Waals surface area contributed by atoms with Crippen LogP contribution in [-0.2, 0) is 0 Å². The standard InChI is InChI=1S/C14H23NO3/c1-5-14(3,17)9-15-10(2)12-8-11(18-4)6-7-13(12)16/h6-8,10,15-17H,5,9H2,1-4H3. The molecule has 0 aliphatic rings. The van der Waals surface area contributed by atoms with Crippen molar-refractivity contribution in [2.24, 2.45) is 0 Å². The maximum absolute atomic E-state index is 9.94. The van der Waals surface area contributed by atoms with Gasteiger partial charge >= 0.3 is 0 Å². The number of ether oxygens (including phenoxy) is 1. The number of methoxy groups -OCH3 is 1. The van der Waals surface area contributed by atoms with Crippen molar-refractivity contribution in [3.63, 3.8) is 0 Å². The lowest BCUT2D eigenvalue weighted by molar-refractivity contribution is 0.0533. The van der Waals surface area contributed by atoms with E-state index in [0.717, 1.165) is 5.56 Å². The van der Waals surface area contributed by atoms with E-state index in [2.05, 4.69) is 5.32 Å². The third-order valence-electron chi connectivity index (χ3n) is 3.25. The van der Waals surface area contributed by atoms with Crippen LogP contribution in [-0.4, -0.2) is 29.5 Å². The Balaban J connectivity index is 2.74. The highest BCUT2D eigenvalue weighted by Gasteiger charge is 2.19. The Morgan fingerprint density at radius 3 is 2.67 bits per heavy atom. The Morgan fingerprint density at radius 2 is 2.11 bits per heavy atom. The topological polar surface area (TPSA) is 61.7 Å². The molecular weight excluding hydrogens is 230 g/mol. The van der Waals surface area contributed by atoms with Gasteiger partial charge in [0.15, 0.2) is 0 Å². The number of aromatic hydroxyl groups is 1. The van der Waals surface area contributed by atoms with E-state index in [1.54, 1.807) is 32.2 Å². The Bertz CT molecular complexity index is 391. The average molecular weight is 253 g/mol. The number of phenolic OH excluding ortho intramolecular Hbond substituents is 1. The second-order valence-corrected chi connectivity index (χ2v) is 4.88. The summed E-state index contributed by atoms with van der Waals surface area (Å²) in [6.07, 6.45) is 0.677. The van der Waals surface area contributed by atoms with Gasteiger partial charge in [0, 0.05) is 18.2 Å². The zero-order chi connectivity index (χ0) is 13.8. The van der Waals surface area contributed by atoms with Crippen LogP contribution < -0.4 is 10.1 Å². The lowest BCUT2D eigenvalue weighted by Gasteiger charge is -2.25. The van der Waals surface area contributed by atoms with E-state index in [0.29, 0.717) is 18.7 Å². The lowest BCUT2D eigenvalue weighted by Crippen LogP contribution is -2.38. The number of hydrogen-bond donors (Lipinski definition) is 3. The summed E-state index contributed by atoms with van der Waals surface area (Å²) < 4.78 is 5.14. The molecule has 0 spiro atoms. The van der Waals surface area contributed by atoms with E-state index in [4.69, 9.17) is 4.74 Å². The summed E-state index contributed by atoms with van der Waals surface area (Å²) in [5.41, 5.74) is 0.0317. The van der Waals surface area contributed by atoms with Gasteiger partial charge in [-0.2, -0.15) is 0 Å². The van der Waals surface area contributed by atoms with E-state index in [1.165, 1.54) is 0 Å². The summed E-state index contributed by atoms with van der Waals surface area (Å²) >= 11 is 0. The molecule has 2 atom stereocenters. The lowest BCUT2D eigenvalue weighted by atomic mass is 10.0. The van der Waals surface area contributed by atoms with E-state index in [1.807, 2.05) is 13.8 Å². The SMILES string of the molecule is CCC(C)(O)CNC(C)c1cc(OC)ccc1O. The first kappa shape index (κ1) is 14.8. The molecule has 0 aromatic heterocycles. The van der Waals surface area contributed by atoms with Crippen molar-refractivity contribution in [1.29, 1.82) is 0 Å². The Labute approximate surface area is 109 Å². The van der Waals surface area contributed by atoms with E-state index in [9.17, 15) is 10.2 Å². The molecule has 0 saturated heterocycles. The highest BCUT2D eigenvalue weighted by Crippen LogP contribution is 2.28. The van der Waals surface area contributed by atoms with Crippen molar-refractivity contribution < 1.29 is 14.9 Å². The zero-order valence-corrected chi connectivity index (χ0v) is 11.5. The Kier molecular flexibility index (Phi) is 4.99. The first-order valence-corrected chi connectivity index (χ1v) is 6.22. The maximum atomic E-state index is 9.94. The highest BCUT2D eigenvalue weighted by molar-refractivity contribution is 5.41. The number of benzene rings is 1.